The fraction of sp³-hybridized carbons (Fsp3) is 0.600. The quantitative estimate of drug-likeness (QED) is 0.413. The van der Waals surface area contributed by atoms with Gasteiger partial charge in [0.15, 0.2) is 5.54 Å². The summed E-state index contributed by atoms with van der Waals surface area (Å²) in [4.78, 5) is 4.75. The molecule has 0 aliphatic heterocycles. The van der Waals surface area contributed by atoms with Crippen molar-refractivity contribution < 1.29 is 0 Å². The van der Waals surface area contributed by atoms with Gasteiger partial charge < -0.3 is 20.4 Å². The molecule has 114 valence electrons. The van der Waals surface area contributed by atoms with E-state index in [4.69, 9.17) is 48.9 Å². The molecule has 0 aliphatic carbocycles. The van der Waals surface area contributed by atoms with Crippen LogP contribution < -0.4 is 10.6 Å². The largest absolute Gasteiger partial charge is 0.370 e. The lowest BCUT2D eigenvalue weighted by molar-refractivity contribution is 0.500. The Kier molecular flexibility index (Phi) is 8.75. The molecule has 0 aromatic heterocycles. The molecule has 0 saturated carbocycles. The zero-order chi connectivity index (χ0) is 16.1. The highest BCUT2D eigenvalue weighted by molar-refractivity contribution is 8.11. The number of rotatable bonds is 5. The van der Waals surface area contributed by atoms with Crippen LogP contribution in [-0.4, -0.2) is 68.7 Å². The van der Waals surface area contributed by atoms with Gasteiger partial charge in [-0.25, -0.2) is 0 Å². The van der Waals surface area contributed by atoms with Crippen LogP contribution in [0.15, 0.2) is 0 Å². The van der Waals surface area contributed by atoms with Gasteiger partial charge >= 0.3 is 0 Å². The summed E-state index contributed by atoms with van der Waals surface area (Å²) in [6.45, 7) is 0.323. The van der Waals surface area contributed by atoms with Gasteiger partial charge in [0, 0.05) is 28.2 Å². The van der Waals surface area contributed by atoms with Crippen LogP contribution in [-0.2, 0) is 0 Å². The number of nitrogens with zero attached hydrogens (tertiary/aromatic N) is 2. The fourth-order valence-electron chi connectivity index (χ4n) is 1.55. The summed E-state index contributed by atoms with van der Waals surface area (Å²) < 4.78 is 0.648. The van der Waals surface area contributed by atoms with Gasteiger partial charge in [-0.15, -0.1) is 25.3 Å². The van der Waals surface area contributed by atoms with E-state index in [9.17, 15) is 0 Å². The number of thiocarbonyl (C=S) groups is 4. The molecule has 0 fully saturated rings. The summed E-state index contributed by atoms with van der Waals surface area (Å²) in [5.41, 5.74) is -0.886. The first-order valence-corrected chi connectivity index (χ1v) is 7.98. The first kappa shape index (κ1) is 20.3. The predicted octanol–water partition coefficient (Wildman–Crippen LogP) is 1.11. The van der Waals surface area contributed by atoms with Crippen molar-refractivity contribution in [3.8, 4) is 0 Å². The molecular formula is C10H18N4S6. The molecule has 0 radical (unpaired) electrons. The normalized spacial score (nSPS) is 10.5. The molecule has 0 saturated heterocycles. The van der Waals surface area contributed by atoms with Crippen LogP contribution in [0.1, 0.15) is 0 Å². The van der Waals surface area contributed by atoms with Crippen molar-refractivity contribution in [2.24, 2.45) is 0 Å². The van der Waals surface area contributed by atoms with Crippen LogP contribution in [0, 0.1) is 0 Å². The van der Waals surface area contributed by atoms with Crippen molar-refractivity contribution in [3.63, 3.8) is 0 Å². The third kappa shape index (κ3) is 5.57. The van der Waals surface area contributed by atoms with Crippen LogP contribution in [0.2, 0.25) is 0 Å². The average Bonchev–Trinajstić information content (AvgIpc) is 2.31. The van der Waals surface area contributed by atoms with Gasteiger partial charge in [-0.3, -0.25) is 0 Å². The molecule has 0 aromatic rings. The minimum atomic E-state index is -0.886. The number of thiol groups is 2. The average molecular weight is 387 g/mol. The van der Waals surface area contributed by atoms with Gasteiger partial charge in [0.2, 0.25) is 0 Å². The zero-order valence-corrected chi connectivity index (χ0v) is 16.7. The second kappa shape index (κ2) is 8.64. The summed E-state index contributed by atoms with van der Waals surface area (Å²) in [7, 11) is 7.38. The second-order valence-electron chi connectivity index (χ2n) is 4.39. The Morgan fingerprint density at radius 2 is 1.30 bits per heavy atom. The van der Waals surface area contributed by atoms with Gasteiger partial charge in [0.05, 0.1) is 6.54 Å². The highest BCUT2D eigenvalue weighted by atomic mass is 32.1. The van der Waals surface area contributed by atoms with E-state index in [-0.39, 0.29) is 0 Å². The van der Waals surface area contributed by atoms with E-state index in [2.05, 4.69) is 35.9 Å². The van der Waals surface area contributed by atoms with Crippen LogP contribution in [0.5, 0.6) is 0 Å². The van der Waals surface area contributed by atoms with E-state index in [1.165, 1.54) is 0 Å². The fourth-order valence-corrected chi connectivity index (χ4v) is 2.57. The first-order chi connectivity index (χ1) is 9.04. The summed E-state index contributed by atoms with van der Waals surface area (Å²) in [6.07, 6.45) is 0. The summed E-state index contributed by atoms with van der Waals surface area (Å²) in [5, 5.41) is 6.06. The Labute approximate surface area is 152 Å². The van der Waals surface area contributed by atoms with Gasteiger partial charge in [-0.05, 0) is 0 Å². The van der Waals surface area contributed by atoms with E-state index in [0.717, 1.165) is 0 Å². The van der Waals surface area contributed by atoms with Crippen molar-refractivity contribution in [1.82, 2.24) is 20.4 Å². The second-order valence-corrected chi connectivity index (χ2v) is 7.48. The van der Waals surface area contributed by atoms with Gasteiger partial charge in [-0.1, -0.05) is 48.9 Å². The number of hydrogen-bond donors (Lipinski definition) is 4. The monoisotopic (exact) mass is 386 g/mol. The number of nitrogens with one attached hydrogen (secondary N) is 2. The highest BCUT2D eigenvalue weighted by Gasteiger charge is 2.42. The minimum absolute atomic E-state index is 0.297. The Bertz CT molecular complexity index is 400. The predicted molar refractivity (Wildman–Crippen MR) is 110 cm³/mol. The van der Waals surface area contributed by atoms with E-state index in [1.54, 1.807) is 9.80 Å². The molecule has 0 unspecified atom stereocenters. The van der Waals surface area contributed by atoms with E-state index < -0.39 is 5.54 Å². The minimum Gasteiger partial charge on any atom is -0.370 e. The maximum absolute atomic E-state index is 5.52. The molecule has 0 heterocycles. The van der Waals surface area contributed by atoms with Crippen molar-refractivity contribution in [3.05, 3.63) is 0 Å². The third-order valence-corrected chi connectivity index (χ3v) is 4.31. The third-order valence-electron chi connectivity index (χ3n) is 2.37. The Hall–Kier alpha value is 0.260. The molecule has 0 spiro atoms. The molecular weight excluding hydrogens is 369 g/mol. The lowest BCUT2D eigenvalue weighted by Crippen LogP contribution is -2.68. The SMILES string of the molecule is CN(C)C(=S)C(CNC(=S)S)(NC(=S)S)C(=S)N(C)C. The standard InChI is InChI=1S/C10H18N4S6/c1-13(2)6(15)10(12-9(19)20,5-11-8(17)18)7(16)14(3)4/h5H2,1-4H3,(H2,11,17,18)(H2,12,19,20). The van der Waals surface area contributed by atoms with Crippen molar-refractivity contribution >= 4 is 92.7 Å². The van der Waals surface area contributed by atoms with E-state index >= 15 is 0 Å². The highest BCUT2D eigenvalue weighted by Crippen LogP contribution is 2.16. The topological polar surface area (TPSA) is 30.5 Å². The summed E-state index contributed by atoms with van der Waals surface area (Å²) >= 11 is 29.3. The van der Waals surface area contributed by atoms with Gasteiger partial charge in [0.1, 0.15) is 18.6 Å². The molecule has 0 aromatic carbocycles. The van der Waals surface area contributed by atoms with Crippen LogP contribution in [0.3, 0.4) is 0 Å². The Balaban J connectivity index is 5.74. The molecule has 0 amide bonds. The Morgan fingerprint density at radius 1 is 0.900 bits per heavy atom. The molecule has 20 heavy (non-hydrogen) atoms. The number of hydrogen-bond acceptors (Lipinski definition) is 4. The van der Waals surface area contributed by atoms with Crippen molar-refractivity contribution in [1.29, 1.82) is 0 Å². The lowest BCUT2D eigenvalue weighted by Gasteiger charge is -2.41. The van der Waals surface area contributed by atoms with E-state index in [1.807, 2.05) is 28.2 Å². The molecule has 2 N–H and O–H groups in total. The molecule has 0 rings (SSSR count). The summed E-state index contributed by atoms with van der Waals surface area (Å²) in [6, 6.07) is 0. The Morgan fingerprint density at radius 3 is 1.55 bits per heavy atom. The summed E-state index contributed by atoms with van der Waals surface area (Å²) in [5.74, 6) is 0. The molecule has 10 heteroatoms. The maximum atomic E-state index is 5.52. The van der Waals surface area contributed by atoms with Gasteiger partial charge in [-0.2, -0.15) is 0 Å². The molecule has 4 nitrogen and oxygen atoms in total. The van der Waals surface area contributed by atoms with E-state index in [0.29, 0.717) is 25.2 Å². The maximum Gasteiger partial charge on any atom is 0.157 e. The van der Waals surface area contributed by atoms with Crippen molar-refractivity contribution in [2.45, 2.75) is 5.54 Å². The molecule has 0 atom stereocenters. The van der Waals surface area contributed by atoms with Crippen LogP contribution in [0.4, 0.5) is 0 Å². The molecule has 0 bridgehead atoms. The van der Waals surface area contributed by atoms with Crippen LogP contribution in [0.25, 0.3) is 0 Å². The first-order valence-electron chi connectivity index (χ1n) is 5.46. The van der Waals surface area contributed by atoms with Crippen LogP contribution >= 0.6 is 74.1 Å². The zero-order valence-electron chi connectivity index (χ0n) is 11.6. The van der Waals surface area contributed by atoms with Crippen molar-refractivity contribution in [2.75, 3.05) is 34.7 Å². The molecule has 0 aliphatic rings. The smallest absolute Gasteiger partial charge is 0.157 e. The lowest BCUT2D eigenvalue weighted by atomic mass is 9.97. The van der Waals surface area contributed by atoms with Gasteiger partial charge in [0.25, 0.3) is 0 Å². The number of likely N-dealkylation sites (N-methyl/N-ethyl adjacent to an activating group) is 2.